The van der Waals surface area contributed by atoms with Gasteiger partial charge >= 0.3 is 0 Å². The van der Waals surface area contributed by atoms with E-state index in [-0.39, 0.29) is 4.90 Å². The lowest BCUT2D eigenvalue weighted by atomic mass is 10.1. The number of nitrogens with zero attached hydrogens (tertiary/aromatic N) is 1. The molecule has 138 valence electrons. The first kappa shape index (κ1) is 18.4. The van der Waals surface area contributed by atoms with Crippen LogP contribution in [0.1, 0.15) is 15.9 Å². The normalized spacial score (nSPS) is 14.2. The molecule has 26 heavy (non-hydrogen) atoms. The van der Waals surface area contributed by atoms with Crippen molar-refractivity contribution < 1.29 is 21.6 Å². The Balaban J connectivity index is 1.84. The second-order valence-corrected chi connectivity index (χ2v) is 10.1. The summed E-state index contributed by atoms with van der Waals surface area (Å²) in [6, 6.07) is 10.8. The summed E-state index contributed by atoms with van der Waals surface area (Å²) < 4.78 is 48.1. The number of anilines is 2. The van der Waals surface area contributed by atoms with Crippen LogP contribution in [0.25, 0.3) is 0 Å². The van der Waals surface area contributed by atoms with E-state index >= 15 is 0 Å². The number of rotatable bonds is 4. The monoisotopic (exact) mass is 394 g/mol. The van der Waals surface area contributed by atoms with Crippen molar-refractivity contribution in [1.29, 1.82) is 0 Å². The Morgan fingerprint density at radius 2 is 1.77 bits per heavy atom. The van der Waals surface area contributed by atoms with Crippen molar-refractivity contribution in [3.63, 3.8) is 0 Å². The average molecular weight is 394 g/mol. The van der Waals surface area contributed by atoms with Gasteiger partial charge in [0.05, 0.1) is 16.8 Å². The maximum atomic E-state index is 12.5. The third-order valence-corrected chi connectivity index (χ3v) is 6.41. The van der Waals surface area contributed by atoms with Crippen molar-refractivity contribution in [3.8, 4) is 0 Å². The Morgan fingerprint density at radius 1 is 1.04 bits per heavy atom. The molecule has 0 spiro atoms. The van der Waals surface area contributed by atoms with Gasteiger partial charge in [-0.3, -0.25) is 9.10 Å². The summed E-state index contributed by atoms with van der Waals surface area (Å²) in [6.45, 7) is 0.357. The number of fused-ring (bicyclic) bond motifs is 1. The molecule has 1 heterocycles. The number of carbonyl (C=O) groups excluding carboxylic acids is 1. The highest BCUT2D eigenvalue weighted by atomic mass is 32.2. The van der Waals surface area contributed by atoms with E-state index in [0.717, 1.165) is 18.1 Å². The lowest BCUT2D eigenvalue weighted by molar-refractivity contribution is 0.102. The van der Waals surface area contributed by atoms with Crippen LogP contribution in [0.3, 0.4) is 0 Å². The summed E-state index contributed by atoms with van der Waals surface area (Å²) in [5.74, 6) is -0.392. The number of carbonyl (C=O) groups is 1. The Morgan fingerprint density at radius 3 is 2.42 bits per heavy atom. The van der Waals surface area contributed by atoms with Gasteiger partial charge in [0, 0.05) is 24.1 Å². The molecule has 0 aliphatic carbocycles. The topological polar surface area (TPSA) is 101 Å². The molecule has 1 aliphatic heterocycles. The molecule has 0 unspecified atom stereocenters. The van der Waals surface area contributed by atoms with Crippen LogP contribution >= 0.6 is 0 Å². The number of sulfone groups is 1. The third-order valence-electron chi connectivity index (χ3n) is 4.11. The number of nitrogens with one attached hydrogen (secondary N) is 1. The van der Waals surface area contributed by atoms with Crippen LogP contribution in [0.5, 0.6) is 0 Å². The molecule has 1 amide bonds. The quantitative estimate of drug-likeness (QED) is 0.850. The third kappa shape index (κ3) is 3.73. The first-order valence-electron chi connectivity index (χ1n) is 7.78. The van der Waals surface area contributed by atoms with Crippen molar-refractivity contribution in [2.75, 3.05) is 28.7 Å². The minimum atomic E-state index is -3.37. The number of benzene rings is 2. The molecule has 9 heteroatoms. The molecule has 2 aromatic carbocycles. The number of hydrogen-bond donors (Lipinski definition) is 1. The second-order valence-electron chi connectivity index (χ2n) is 6.18. The first-order chi connectivity index (χ1) is 12.1. The van der Waals surface area contributed by atoms with Gasteiger partial charge in [-0.15, -0.1) is 0 Å². The molecule has 1 N–H and O–H groups in total. The zero-order valence-corrected chi connectivity index (χ0v) is 15.9. The number of amides is 1. The van der Waals surface area contributed by atoms with E-state index in [1.54, 1.807) is 30.3 Å². The van der Waals surface area contributed by atoms with Crippen molar-refractivity contribution in [2.24, 2.45) is 0 Å². The summed E-state index contributed by atoms with van der Waals surface area (Å²) in [7, 11) is -6.71. The molecule has 0 atom stereocenters. The molecule has 0 bridgehead atoms. The van der Waals surface area contributed by atoms with Gasteiger partial charge < -0.3 is 5.32 Å². The van der Waals surface area contributed by atoms with Crippen molar-refractivity contribution in [1.82, 2.24) is 0 Å². The fraction of sp³-hybridized carbons (Fsp3) is 0.235. The van der Waals surface area contributed by atoms with Crippen LogP contribution < -0.4 is 9.62 Å². The molecule has 0 aromatic heterocycles. The summed E-state index contributed by atoms with van der Waals surface area (Å²) >= 11 is 0. The Bertz CT molecular complexity index is 1090. The van der Waals surface area contributed by atoms with E-state index in [1.807, 2.05) is 0 Å². The molecule has 2 aromatic rings. The summed E-state index contributed by atoms with van der Waals surface area (Å²) in [5.41, 5.74) is 2.12. The molecule has 0 fully saturated rings. The fourth-order valence-corrected chi connectivity index (χ4v) is 4.49. The minimum absolute atomic E-state index is 0.119. The van der Waals surface area contributed by atoms with Gasteiger partial charge in [-0.05, 0) is 48.4 Å². The smallest absolute Gasteiger partial charge is 0.255 e. The van der Waals surface area contributed by atoms with Gasteiger partial charge in [0.25, 0.3) is 5.91 Å². The van der Waals surface area contributed by atoms with Crippen LogP contribution in [0.15, 0.2) is 47.4 Å². The lowest BCUT2D eigenvalue weighted by Gasteiger charge is -2.16. The van der Waals surface area contributed by atoms with Gasteiger partial charge in [-0.1, -0.05) is 6.07 Å². The SMILES string of the molecule is CS(=O)(=O)c1cccc(NC(=O)c2ccc3c(c2)CCN3S(C)(=O)=O)c1. The van der Waals surface area contributed by atoms with Crippen molar-refractivity contribution >= 4 is 37.1 Å². The predicted molar refractivity (Wildman–Crippen MR) is 99.8 cm³/mol. The highest BCUT2D eigenvalue weighted by Crippen LogP contribution is 2.31. The molecule has 0 saturated heterocycles. The van der Waals surface area contributed by atoms with Gasteiger partial charge in [-0.2, -0.15) is 0 Å². The fourth-order valence-electron chi connectivity index (χ4n) is 2.86. The highest BCUT2D eigenvalue weighted by molar-refractivity contribution is 7.92. The zero-order valence-electron chi connectivity index (χ0n) is 14.3. The molecular formula is C17H18N2O5S2. The first-order valence-corrected chi connectivity index (χ1v) is 11.5. The van der Waals surface area contributed by atoms with E-state index in [9.17, 15) is 21.6 Å². The van der Waals surface area contributed by atoms with Crippen LogP contribution in [0.2, 0.25) is 0 Å². The second kappa shape index (κ2) is 6.40. The Hall–Kier alpha value is -2.39. The standard InChI is InChI=1S/C17H18N2O5S2/c1-25(21,22)15-5-3-4-14(11-15)18-17(20)13-6-7-16-12(10-13)8-9-19(16)26(2,23)24/h3-7,10-11H,8-9H2,1-2H3,(H,18,20). The highest BCUT2D eigenvalue weighted by Gasteiger charge is 2.26. The molecule has 0 radical (unpaired) electrons. The van der Waals surface area contributed by atoms with Crippen LogP contribution in [0.4, 0.5) is 11.4 Å². The lowest BCUT2D eigenvalue weighted by Crippen LogP contribution is -2.27. The Labute approximate surface area is 152 Å². The average Bonchev–Trinajstić information content (AvgIpc) is 2.97. The van der Waals surface area contributed by atoms with E-state index in [2.05, 4.69) is 5.32 Å². The summed E-state index contributed by atoms with van der Waals surface area (Å²) in [6.07, 6.45) is 2.78. The van der Waals surface area contributed by atoms with E-state index in [0.29, 0.717) is 29.9 Å². The largest absolute Gasteiger partial charge is 0.322 e. The van der Waals surface area contributed by atoms with Gasteiger partial charge in [0.1, 0.15) is 0 Å². The van der Waals surface area contributed by atoms with Gasteiger partial charge in [0.15, 0.2) is 9.84 Å². The molecule has 1 aliphatic rings. The van der Waals surface area contributed by atoms with Gasteiger partial charge in [0.2, 0.25) is 10.0 Å². The van der Waals surface area contributed by atoms with E-state index in [4.69, 9.17) is 0 Å². The van der Waals surface area contributed by atoms with Crippen molar-refractivity contribution in [3.05, 3.63) is 53.6 Å². The summed E-state index contributed by atoms with van der Waals surface area (Å²) in [4.78, 5) is 12.6. The minimum Gasteiger partial charge on any atom is -0.322 e. The molecule has 0 saturated carbocycles. The number of hydrogen-bond acceptors (Lipinski definition) is 5. The molecule has 7 nitrogen and oxygen atoms in total. The predicted octanol–water partition coefficient (Wildman–Crippen LogP) is 1.66. The molecular weight excluding hydrogens is 376 g/mol. The maximum Gasteiger partial charge on any atom is 0.255 e. The van der Waals surface area contributed by atoms with E-state index < -0.39 is 25.8 Å². The van der Waals surface area contributed by atoms with Gasteiger partial charge in [-0.25, -0.2) is 16.8 Å². The van der Waals surface area contributed by atoms with E-state index in [1.165, 1.54) is 16.4 Å². The zero-order chi connectivity index (χ0) is 19.1. The summed E-state index contributed by atoms with van der Waals surface area (Å²) in [5, 5.41) is 2.67. The molecule has 3 rings (SSSR count). The Kier molecular flexibility index (Phi) is 4.53. The van der Waals surface area contributed by atoms with Crippen molar-refractivity contribution in [2.45, 2.75) is 11.3 Å². The van der Waals surface area contributed by atoms with Crippen LogP contribution in [0, 0.1) is 0 Å². The van der Waals surface area contributed by atoms with Crippen LogP contribution in [-0.2, 0) is 26.3 Å². The maximum absolute atomic E-state index is 12.5. The number of sulfonamides is 1. The van der Waals surface area contributed by atoms with Crippen LogP contribution in [-0.4, -0.2) is 41.8 Å².